The summed E-state index contributed by atoms with van der Waals surface area (Å²) in [4.78, 5) is 10.9. The van der Waals surface area contributed by atoms with Crippen LogP contribution < -0.4 is 11.1 Å². The van der Waals surface area contributed by atoms with Crippen molar-refractivity contribution in [2.45, 2.75) is 6.10 Å². The highest BCUT2D eigenvalue weighted by Crippen LogP contribution is 2.18. The third-order valence-corrected chi connectivity index (χ3v) is 2.49. The van der Waals surface area contributed by atoms with Crippen LogP contribution >= 0.6 is 12.4 Å². The number of carbonyl (C=O) groups is 1. The summed E-state index contributed by atoms with van der Waals surface area (Å²) in [5.74, 6) is -0.399. The van der Waals surface area contributed by atoms with Crippen molar-refractivity contribution in [3.63, 3.8) is 0 Å². The van der Waals surface area contributed by atoms with Crippen molar-refractivity contribution in [3.8, 4) is 0 Å². The fourth-order valence-corrected chi connectivity index (χ4v) is 1.64. The molecule has 1 aliphatic rings. The molecule has 88 valence electrons. The Hall–Kier alpha value is -1.10. The van der Waals surface area contributed by atoms with E-state index in [-0.39, 0.29) is 18.5 Å². The van der Waals surface area contributed by atoms with E-state index in [2.05, 4.69) is 5.32 Å². The molecule has 0 bridgehead atoms. The van der Waals surface area contributed by atoms with Gasteiger partial charge in [-0.15, -0.1) is 12.4 Å². The van der Waals surface area contributed by atoms with Gasteiger partial charge in [0.15, 0.2) is 0 Å². The minimum atomic E-state index is -0.399. The number of hydrogen-bond donors (Lipinski definition) is 2. The smallest absolute Gasteiger partial charge is 0.248 e. The van der Waals surface area contributed by atoms with E-state index in [9.17, 15) is 4.79 Å². The molecule has 1 atom stereocenters. The fraction of sp³-hybridized carbons (Fsp3) is 0.364. The van der Waals surface area contributed by atoms with Crippen LogP contribution in [-0.2, 0) is 4.74 Å². The van der Waals surface area contributed by atoms with Crippen molar-refractivity contribution >= 4 is 18.3 Å². The van der Waals surface area contributed by atoms with Crippen molar-refractivity contribution in [1.82, 2.24) is 5.32 Å². The lowest BCUT2D eigenvalue weighted by Gasteiger charge is -2.23. The van der Waals surface area contributed by atoms with Crippen LogP contribution in [0.1, 0.15) is 22.0 Å². The topological polar surface area (TPSA) is 64.4 Å². The molecule has 0 saturated carbocycles. The minimum Gasteiger partial charge on any atom is -0.371 e. The molecule has 5 heteroatoms. The number of amides is 1. The number of hydrogen-bond acceptors (Lipinski definition) is 3. The zero-order chi connectivity index (χ0) is 10.7. The molecule has 1 heterocycles. The Morgan fingerprint density at radius 1 is 1.38 bits per heavy atom. The van der Waals surface area contributed by atoms with Gasteiger partial charge in [-0.1, -0.05) is 12.1 Å². The maximum atomic E-state index is 10.9. The predicted octanol–water partition coefficient (Wildman–Crippen LogP) is 0.868. The lowest BCUT2D eigenvalue weighted by Crippen LogP contribution is -2.33. The highest BCUT2D eigenvalue weighted by molar-refractivity contribution is 5.92. The van der Waals surface area contributed by atoms with Crippen LogP contribution in [0.3, 0.4) is 0 Å². The van der Waals surface area contributed by atoms with E-state index >= 15 is 0 Å². The number of benzene rings is 1. The van der Waals surface area contributed by atoms with Crippen LogP contribution in [0.2, 0.25) is 0 Å². The zero-order valence-electron chi connectivity index (χ0n) is 8.81. The summed E-state index contributed by atoms with van der Waals surface area (Å²) >= 11 is 0. The van der Waals surface area contributed by atoms with Gasteiger partial charge < -0.3 is 15.8 Å². The van der Waals surface area contributed by atoms with Crippen molar-refractivity contribution in [3.05, 3.63) is 35.4 Å². The fourth-order valence-electron chi connectivity index (χ4n) is 1.64. The molecule has 1 unspecified atom stereocenters. The molecule has 4 nitrogen and oxygen atoms in total. The highest BCUT2D eigenvalue weighted by atomic mass is 35.5. The van der Waals surface area contributed by atoms with Gasteiger partial charge in [0.2, 0.25) is 5.91 Å². The maximum Gasteiger partial charge on any atom is 0.248 e. The normalized spacial score (nSPS) is 19.9. The Labute approximate surface area is 101 Å². The molecule has 1 aromatic carbocycles. The Bertz CT molecular complexity index is 348. The van der Waals surface area contributed by atoms with Gasteiger partial charge in [0.05, 0.1) is 12.7 Å². The summed E-state index contributed by atoms with van der Waals surface area (Å²) in [5.41, 5.74) is 6.77. The first kappa shape index (κ1) is 13.0. The first-order chi connectivity index (χ1) is 7.27. The third kappa shape index (κ3) is 2.95. The summed E-state index contributed by atoms with van der Waals surface area (Å²) in [6, 6.07) is 7.24. The number of ether oxygens (including phenoxy) is 1. The van der Waals surface area contributed by atoms with Crippen LogP contribution in [0.25, 0.3) is 0 Å². The highest BCUT2D eigenvalue weighted by Gasteiger charge is 2.15. The van der Waals surface area contributed by atoms with Crippen LogP contribution in [0, 0.1) is 0 Å². The van der Waals surface area contributed by atoms with E-state index in [0.717, 1.165) is 25.3 Å². The minimum absolute atomic E-state index is 0. The molecule has 0 aliphatic carbocycles. The molecular formula is C11H15ClN2O2. The van der Waals surface area contributed by atoms with Crippen LogP contribution in [0.5, 0.6) is 0 Å². The summed E-state index contributed by atoms with van der Waals surface area (Å²) in [7, 11) is 0. The van der Waals surface area contributed by atoms with E-state index in [1.165, 1.54) is 0 Å². The van der Waals surface area contributed by atoms with Crippen molar-refractivity contribution in [2.75, 3.05) is 19.7 Å². The molecule has 0 spiro atoms. The van der Waals surface area contributed by atoms with E-state index in [0.29, 0.717) is 5.56 Å². The zero-order valence-corrected chi connectivity index (χ0v) is 9.63. The van der Waals surface area contributed by atoms with Gasteiger partial charge in [-0.05, 0) is 17.7 Å². The van der Waals surface area contributed by atoms with Crippen molar-refractivity contribution in [1.29, 1.82) is 0 Å². The molecule has 0 radical (unpaired) electrons. The van der Waals surface area contributed by atoms with Gasteiger partial charge in [-0.25, -0.2) is 0 Å². The summed E-state index contributed by atoms with van der Waals surface area (Å²) < 4.78 is 5.59. The first-order valence-electron chi connectivity index (χ1n) is 4.99. The van der Waals surface area contributed by atoms with Crippen LogP contribution in [-0.4, -0.2) is 25.6 Å². The molecule has 1 aliphatic heterocycles. The SMILES string of the molecule is Cl.NC(=O)c1ccc(C2CNCCO2)cc1. The summed E-state index contributed by atoms with van der Waals surface area (Å²) in [5, 5.41) is 3.25. The number of carbonyl (C=O) groups excluding carboxylic acids is 1. The monoisotopic (exact) mass is 242 g/mol. The molecule has 2 rings (SSSR count). The standard InChI is InChI=1S/C11H14N2O2.ClH/c12-11(14)9-3-1-8(2-4-9)10-7-13-5-6-15-10;/h1-4,10,13H,5-7H2,(H2,12,14);1H. The molecule has 16 heavy (non-hydrogen) atoms. The first-order valence-corrected chi connectivity index (χ1v) is 4.99. The van der Waals surface area contributed by atoms with Crippen LogP contribution in [0.4, 0.5) is 0 Å². The third-order valence-electron chi connectivity index (χ3n) is 2.49. The number of rotatable bonds is 2. The molecule has 1 aromatic rings. The number of nitrogens with one attached hydrogen (secondary N) is 1. The number of primary amides is 1. The van der Waals surface area contributed by atoms with Crippen molar-refractivity contribution < 1.29 is 9.53 Å². The average molecular weight is 243 g/mol. The van der Waals surface area contributed by atoms with Crippen LogP contribution in [0.15, 0.2) is 24.3 Å². The van der Waals surface area contributed by atoms with Gasteiger partial charge in [-0.2, -0.15) is 0 Å². The number of halogens is 1. The van der Waals surface area contributed by atoms with Gasteiger partial charge in [0.1, 0.15) is 0 Å². The Morgan fingerprint density at radius 3 is 2.56 bits per heavy atom. The number of morpholine rings is 1. The maximum absolute atomic E-state index is 10.9. The van der Waals surface area contributed by atoms with E-state index < -0.39 is 5.91 Å². The molecule has 3 N–H and O–H groups in total. The molecule has 1 amide bonds. The van der Waals surface area contributed by atoms with E-state index in [1.54, 1.807) is 12.1 Å². The second-order valence-electron chi connectivity index (χ2n) is 3.55. The predicted molar refractivity (Wildman–Crippen MR) is 63.8 cm³/mol. The summed E-state index contributed by atoms with van der Waals surface area (Å²) in [6.07, 6.45) is 0.0840. The van der Waals surface area contributed by atoms with E-state index in [1.807, 2.05) is 12.1 Å². The molecule has 1 saturated heterocycles. The second-order valence-corrected chi connectivity index (χ2v) is 3.55. The Kier molecular flexibility index (Phi) is 4.73. The molecule has 0 aromatic heterocycles. The average Bonchev–Trinajstić information content (AvgIpc) is 2.30. The van der Waals surface area contributed by atoms with E-state index in [4.69, 9.17) is 10.5 Å². The van der Waals surface area contributed by atoms with Crippen molar-refractivity contribution in [2.24, 2.45) is 5.73 Å². The quantitative estimate of drug-likeness (QED) is 0.809. The lowest BCUT2D eigenvalue weighted by molar-refractivity contribution is 0.0277. The molecular weight excluding hydrogens is 228 g/mol. The largest absolute Gasteiger partial charge is 0.371 e. The molecule has 1 fully saturated rings. The lowest BCUT2D eigenvalue weighted by atomic mass is 10.1. The Morgan fingerprint density at radius 2 is 2.06 bits per heavy atom. The van der Waals surface area contributed by atoms with Gasteiger partial charge in [0.25, 0.3) is 0 Å². The second kappa shape index (κ2) is 5.84. The summed E-state index contributed by atoms with van der Waals surface area (Å²) in [6.45, 7) is 2.44. The van der Waals surface area contributed by atoms with Gasteiger partial charge in [-0.3, -0.25) is 4.79 Å². The van der Waals surface area contributed by atoms with Gasteiger partial charge >= 0.3 is 0 Å². The number of nitrogens with two attached hydrogens (primary N) is 1. The van der Waals surface area contributed by atoms with Gasteiger partial charge in [0, 0.05) is 18.7 Å². The Balaban J connectivity index is 0.00000128.